The van der Waals surface area contributed by atoms with Crippen LogP contribution in [0.1, 0.15) is 21.5 Å². The van der Waals surface area contributed by atoms with Crippen LogP contribution in [0.5, 0.6) is 0 Å². The lowest BCUT2D eigenvalue weighted by molar-refractivity contribution is 0.0600. The van der Waals surface area contributed by atoms with Gasteiger partial charge in [0.25, 0.3) is 0 Å². The molecule has 2 N–H and O–H groups in total. The molecule has 4 heteroatoms. The molecule has 0 saturated carbocycles. The van der Waals surface area contributed by atoms with Crippen LogP contribution < -0.4 is 5.73 Å². The number of esters is 1. The molecule has 0 saturated heterocycles. The van der Waals surface area contributed by atoms with Gasteiger partial charge in [-0.1, -0.05) is 12.1 Å². The summed E-state index contributed by atoms with van der Waals surface area (Å²) in [6.45, 7) is 2.35. The summed E-state index contributed by atoms with van der Waals surface area (Å²) in [5.74, 6) is -0.305. The molecule has 14 heavy (non-hydrogen) atoms. The molecule has 1 rings (SSSR count). The van der Waals surface area contributed by atoms with E-state index in [2.05, 4.69) is 4.74 Å². The second kappa shape index (κ2) is 5.62. The molecule has 0 spiro atoms. The zero-order valence-electron chi connectivity index (χ0n) is 8.24. The Hall–Kier alpha value is -1.06. The van der Waals surface area contributed by atoms with Crippen LogP contribution in [0.15, 0.2) is 18.2 Å². The number of nitrogens with two attached hydrogens (primary N) is 1. The second-order valence-corrected chi connectivity index (χ2v) is 2.84. The van der Waals surface area contributed by atoms with Gasteiger partial charge in [0.1, 0.15) is 0 Å². The van der Waals surface area contributed by atoms with Gasteiger partial charge in [0.2, 0.25) is 0 Å². The van der Waals surface area contributed by atoms with Gasteiger partial charge in [-0.25, -0.2) is 4.79 Å². The molecule has 0 aromatic heterocycles. The quantitative estimate of drug-likeness (QED) is 0.764. The molecule has 3 nitrogen and oxygen atoms in total. The largest absolute Gasteiger partial charge is 0.465 e. The van der Waals surface area contributed by atoms with Crippen LogP contribution >= 0.6 is 12.4 Å². The lowest BCUT2D eigenvalue weighted by atomic mass is 10.1. The van der Waals surface area contributed by atoms with Crippen molar-refractivity contribution in [1.82, 2.24) is 0 Å². The number of rotatable bonds is 2. The third-order valence-electron chi connectivity index (χ3n) is 1.93. The molecule has 0 atom stereocenters. The van der Waals surface area contributed by atoms with Crippen LogP contribution in [0.4, 0.5) is 0 Å². The van der Waals surface area contributed by atoms with Gasteiger partial charge >= 0.3 is 5.97 Å². The summed E-state index contributed by atoms with van der Waals surface area (Å²) in [7, 11) is 1.37. The number of methoxy groups -OCH3 is 1. The van der Waals surface area contributed by atoms with E-state index in [1.165, 1.54) is 7.11 Å². The maximum absolute atomic E-state index is 11.2. The minimum absolute atomic E-state index is 0. The molecule has 0 amide bonds. The highest BCUT2D eigenvalue weighted by atomic mass is 35.5. The van der Waals surface area contributed by atoms with E-state index in [1.807, 2.05) is 19.1 Å². The lowest BCUT2D eigenvalue weighted by Crippen LogP contribution is -2.05. The zero-order valence-corrected chi connectivity index (χ0v) is 9.06. The summed E-state index contributed by atoms with van der Waals surface area (Å²) >= 11 is 0. The van der Waals surface area contributed by atoms with E-state index in [0.29, 0.717) is 12.1 Å². The average Bonchev–Trinajstić information content (AvgIpc) is 2.16. The Morgan fingerprint density at radius 3 is 2.57 bits per heavy atom. The molecule has 0 bridgehead atoms. The maximum atomic E-state index is 11.2. The summed E-state index contributed by atoms with van der Waals surface area (Å²) in [5, 5.41) is 0. The number of hydrogen-bond acceptors (Lipinski definition) is 3. The Balaban J connectivity index is 0.00000169. The highest BCUT2D eigenvalue weighted by molar-refractivity contribution is 5.90. The van der Waals surface area contributed by atoms with Gasteiger partial charge in [-0.05, 0) is 24.1 Å². The molecule has 0 aliphatic carbocycles. The maximum Gasteiger partial charge on any atom is 0.338 e. The van der Waals surface area contributed by atoms with Crippen molar-refractivity contribution in [3.05, 3.63) is 34.9 Å². The van der Waals surface area contributed by atoms with E-state index in [-0.39, 0.29) is 18.4 Å². The third kappa shape index (κ3) is 2.72. The highest BCUT2D eigenvalue weighted by Crippen LogP contribution is 2.11. The van der Waals surface area contributed by atoms with Gasteiger partial charge in [0.15, 0.2) is 0 Å². The Morgan fingerprint density at radius 2 is 2.14 bits per heavy atom. The van der Waals surface area contributed by atoms with Crippen molar-refractivity contribution < 1.29 is 9.53 Å². The molecule has 0 unspecified atom stereocenters. The molecule has 0 aliphatic heterocycles. The van der Waals surface area contributed by atoms with Crippen LogP contribution in [0.3, 0.4) is 0 Å². The lowest BCUT2D eigenvalue weighted by Gasteiger charge is -2.04. The van der Waals surface area contributed by atoms with Crippen LogP contribution in [0.2, 0.25) is 0 Å². The molecule has 0 fully saturated rings. The number of carbonyl (C=O) groups is 1. The van der Waals surface area contributed by atoms with E-state index in [4.69, 9.17) is 5.73 Å². The highest BCUT2D eigenvalue weighted by Gasteiger charge is 2.08. The van der Waals surface area contributed by atoms with Crippen LogP contribution in [0.25, 0.3) is 0 Å². The van der Waals surface area contributed by atoms with Crippen molar-refractivity contribution in [3.8, 4) is 0 Å². The fraction of sp³-hybridized carbons (Fsp3) is 0.300. The van der Waals surface area contributed by atoms with Gasteiger partial charge in [-0.2, -0.15) is 0 Å². The van der Waals surface area contributed by atoms with E-state index < -0.39 is 0 Å². The van der Waals surface area contributed by atoms with E-state index in [0.717, 1.165) is 11.1 Å². The fourth-order valence-corrected chi connectivity index (χ4v) is 1.19. The Morgan fingerprint density at radius 1 is 1.50 bits per heavy atom. The van der Waals surface area contributed by atoms with Crippen molar-refractivity contribution in [3.63, 3.8) is 0 Å². The van der Waals surface area contributed by atoms with Crippen molar-refractivity contribution in [2.75, 3.05) is 7.11 Å². The normalized spacial score (nSPS) is 9.07. The summed E-state index contributed by atoms with van der Waals surface area (Å²) in [6, 6.07) is 5.47. The first kappa shape index (κ1) is 12.9. The molecule has 0 aliphatic rings. The number of aryl methyl sites for hydroxylation is 1. The zero-order chi connectivity index (χ0) is 9.84. The molecule has 1 aromatic carbocycles. The average molecular weight is 216 g/mol. The van der Waals surface area contributed by atoms with Crippen LogP contribution in [0, 0.1) is 6.92 Å². The standard InChI is InChI=1S/C10H13NO2.ClH/c1-7-5-8(6-11)3-4-9(7)10(12)13-2;/h3-5H,6,11H2,1-2H3;1H. The SMILES string of the molecule is COC(=O)c1ccc(CN)cc1C.Cl. The predicted molar refractivity (Wildman–Crippen MR) is 57.7 cm³/mol. The summed E-state index contributed by atoms with van der Waals surface area (Å²) < 4.78 is 4.62. The minimum Gasteiger partial charge on any atom is -0.465 e. The summed E-state index contributed by atoms with van der Waals surface area (Å²) in [4.78, 5) is 11.2. The second-order valence-electron chi connectivity index (χ2n) is 2.84. The Labute approximate surface area is 89.7 Å². The van der Waals surface area contributed by atoms with Gasteiger partial charge in [-0.15, -0.1) is 12.4 Å². The number of halogens is 1. The van der Waals surface area contributed by atoms with Gasteiger partial charge in [0.05, 0.1) is 12.7 Å². The first-order chi connectivity index (χ1) is 6.19. The fourth-order valence-electron chi connectivity index (χ4n) is 1.19. The van der Waals surface area contributed by atoms with Crippen LogP contribution in [-0.4, -0.2) is 13.1 Å². The monoisotopic (exact) mass is 215 g/mol. The van der Waals surface area contributed by atoms with Gasteiger partial charge in [-0.3, -0.25) is 0 Å². The first-order valence-corrected chi connectivity index (χ1v) is 4.07. The van der Waals surface area contributed by atoms with Gasteiger partial charge < -0.3 is 10.5 Å². The van der Waals surface area contributed by atoms with E-state index >= 15 is 0 Å². The molecule has 0 heterocycles. The molecular formula is C10H14ClNO2. The number of ether oxygens (including phenoxy) is 1. The number of hydrogen-bond donors (Lipinski definition) is 1. The van der Waals surface area contributed by atoms with Crippen molar-refractivity contribution >= 4 is 18.4 Å². The van der Waals surface area contributed by atoms with Crippen LogP contribution in [-0.2, 0) is 11.3 Å². The topological polar surface area (TPSA) is 52.3 Å². The summed E-state index contributed by atoms with van der Waals surface area (Å²) in [6.07, 6.45) is 0. The predicted octanol–water partition coefficient (Wildman–Crippen LogP) is 1.66. The molecular weight excluding hydrogens is 202 g/mol. The minimum atomic E-state index is -0.305. The van der Waals surface area contributed by atoms with E-state index in [9.17, 15) is 4.79 Å². The smallest absolute Gasteiger partial charge is 0.338 e. The third-order valence-corrected chi connectivity index (χ3v) is 1.93. The number of benzene rings is 1. The number of carbonyl (C=O) groups excluding carboxylic acids is 1. The Bertz CT molecular complexity index is 326. The van der Waals surface area contributed by atoms with Crippen molar-refractivity contribution in [2.24, 2.45) is 5.73 Å². The Kier molecular flexibility index (Phi) is 5.20. The molecule has 1 aromatic rings. The molecule has 0 radical (unpaired) electrons. The van der Waals surface area contributed by atoms with E-state index in [1.54, 1.807) is 6.07 Å². The molecule has 78 valence electrons. The first-order valence-electron chi connectivity index (χ1n) is 4.07. The van der Waals surface area contributed by atoms with Gasteiger partial charge in [0, 0.05) is 6.54 Å². The van der Waals surface area contributed by atoms with Crippen molar-refractivity contribution in [1.29, 1.82) is 0 Å². The summed E-state index contributed by atoms with van der Waals surface area (Å²) in [5.41, 5.74) is 7.97. The van der Waals surface area contributed by atoms with Crippen molar-refractivity contribution in [2.45, 2.75) is 13.5 Å².